The number of hydrogen-bond acceptors (Lipinski definition) is 3. The molecule has 1 unspecified atom stereocenters. The molecule has 1 aliphatic rings. The number of likely N-dealkylation sites (tertiary alicyclic amines) is 1. The molecule has 6 heteroatoms. The van der Waals surface area contributed by atoms with E-state index in [1.165, 1.54) is 6.07 Å². The van der Waals surface area contributed by atoms with Crippen LogP contribution in [0.3, 0.4) is 0 Å². The van der Waals surface area contributed by atoms with Crippen LogP contribution in [-0.2, 0) is 16.0 Å². The van der Waals surface area contributed by atoms with Crippen molar-refractivity contribution < 1.29 is 14.0 Å². The molecule has 2 aromatic rings. The van der Waals surface area contributed by atoms with E-state index in [4.69, 9.17) is 0 Å². The summed E-state index contributed by atoms with van der Waals surface area (Å²) in [7, 11) is 3.90. The predicted octanol–water partition coefficient (Wildman–Crippen LogP) is 2.92. The zero-order chi connectivity index (χ0) is 19.4. The number of rotatable bonds is 6. The molecule has 0 bridgehead atoms. The van der Waals surface area contributed by atoms with Crippen molar-refractivity contribution >= 4 is 23.2 Å². The third-order valence-corrected chi connectivity index (χ3v) is 4.85. The van der Waals surface area contributed by atoms with Crippen molar-refractivity contribution in [3.8, 4) is 0 Å². The molecule has 0 aliphatic carbocycles. The highest BCUT2D eigenvalue weighted by Crippen LogP contribution is 2.22. The van der Waals surface area contributed by atoms with Crippen molar-refractivity contribution in [2.45, 2.75) is 12.8 Å². The first-order valence-corrected chi connectivity index (χ1v) is 9.03. The second-order valence-electron chi connectivity index (χ2n) is 7.01. The summed E-state index contributed by atoms with van der Waals surface area (Å²) in [6, 6.07) is 14.1. The number of halogens is 1. The molecule has 1 atom stereocenters. The molecule has 27 heavy (non-hydrogen) atoms. The lowest BCUT2D eigenvalue weighted by Gasteiger charge is -2.17. The van der Waals surface area contributed by atoms with Crippen molar-refractivity contribution in [3.05, 3.63) is 59.9 Å². The molecule has 1 N–H and O–H groups in total. The number of carbonyl (C=O) groups excluding carboxylic acids is 2. The van der Waals surface area contributed by atoms with Gasteiger partial charge in [-0.25, -0.2) is 4.39 Å². The summed E-state index contributed by atoms with van der Waals surface area (Å²) in [6.07, 6.45) is 0.637. The first kappa shape index (κ1) is 18.9. The topological polar surface area (TPSA) is 52.7 Å². The fraction of sp³-hybridized carbons (Fsp3) is 0.333. The van der Waals surface area contributed by atoms with Gasteiger partial charge >= 0.3 is 0 Å². The summed E-state index contributed by atoms with van der Waals surface area (Å²) in [6.45, 7) is 0.788. The Morgan fingerprint density at radius 3 is 2.56 bits per heavy atom. The largest absolute Gasteiger partial charge is 0.378 e. The van der Waals surface area contributed by atoms with Crippen LogP contribution in [0.4, 0.5) is 15.8 Å². The van der Waals surface area contributed by atoms with Gasteiger partial charge in [-0.2, -0.15) is 0 Å². The van der Waals surface area contributed by atoms with E-state index in [1.807, 2.05) is 43.3 Å². The van der Waals surface area contributed by atoms with Gasteiger partial charge in [0.2, 0.25) is 11.8 Å². The molecule has 3 rings (SSSR count). The van der Waals surface area contributed by atoms with Crippen LogP contribution in [0.1, 0.15) is 12.0 Å². The van der Waals surface area contributed by atoms with Gasteiger partial charge in [0.15, 0.2) is 0 Å². The molecular weight excluding hydrogens is 345 g/mol. The first-order valence-electron chi connectivity index (χ1n) is 9.03. The SMILES string of the molecule is CN(C)c1ccc(NC(=O)C2CC(=O)N(CCc3ccccc3F)C2)cc1. The highest BCUT2D eigenvalue weighted by molar-refractivity contribution is 5.97. The number of benzene rings is 2. The summed E-state index contributed by atoms with van der Waals surface area (Å²) in [5, 5.41) is 2.88. The molecule has 0 spiro atoms. The van der Waals surface area contributed by atoms with Crippen LogP contribution in [0.15, 0.2) is 48.5 Å². The smallest absolute Gasteiger partial charge is 0.229 e. The minimum Gasteiger partial charge on any atom is -0.378 e. The number of hydrogen-bond donors (Lipinski definition) is 1. The van der Waals surface area contributed by atoms with Crippen molar-refractivity contribution in [3.63, 3.8) is 0 Å². The molecule has 1 saturated heterocycles. The number of amides is 2. The van der Waals surface area contributed by atoms with Crippen molar-refractivity contribution in [1.29, 1.82) is 0 Å². The number of carbonyl (C=O) groups is 2. The second kappa shape index (κ2) is 8.20. The Balaban J connectivity index is 1.54. The van der Waals surface area contributed by atoms with Crippen LogP contribution >= 0.6 is 0 Å². The molecule has 0 aromatic heterocycles. The Labute approximate surface area is 158 Å². The zero-order valence-corrected chi connectivity index (χ0v) is 15.6. The van der Waals surface area contributed by atoms with Gasteiger partial charge in [-0.3, -0.25) is 9.59 Å². The molecule has 0 radical (unpaired) electrons. The Bertz CT molecular complexity index is 820. The Morgan fingerprint density at radius 1 is 1.19 bits per heavy atom. The molecule has 1 heterocycles. The average molecular weight is 369 g/mol. The minimum atomic E-state index is -0.383. The molecule has 142 valence electrons. The normalized spacial score (nSPS) is 16.5. The van der Waals surface area contributed by atoms with Gasteiger partial charge in [0.1, 0.15) is 5.82 Å². The van der Waals surface area contributed by atoms with Gasteiger partial charge in [-0.05, 0) is 42.3 Å². The lowest BCUT2D eigenvalue weighted by atomic mass is 10.1. The lowest BCUT2D eigenvalue weighted by Crippen LogP contribution is -2.30. The zero-order valence-electron chi connectivity index (χ0n) is 15.6. The molecule has 2 aromatic carbocycles. The van der Waals surface area contributed by atoms with Gasteiger partial charge in [0, 0.05) is 45.0 Å². The quantitative estimate of drug-likeness (QED) is 0.852. The lowest BCUT2D eigenvalue weighted by molar-refractivity contribution is -0.128. The second-order valence-corrected chi connectivity index (χ2v) is 7.01. The van der Waals surface area contributed by atoms with Gasteiger partial charge in [-0.1, -0.05) is 18.2 Å². The Hall–Kier alpha value is -2.89. The molecule has 5 nitrogen and oxygen atoms in total. The average Bonchev–Trinajstić information content (AvgIpc) is 3.02. The highest BCUT2D eigenvalue weighted by atomic mass is 19.1. The summed E-state index contributed by atoms with van der Waals surface area (Å²) in [5.74, 6) is -0.866. The maximum Gasteiger partial charge on any atom is 0.229 e. The highest BCUT2D eigenvalue weighted by Gasteiger charge is 2.34. The molecule has 2 amide bonds. The fourth-order valence-electron chi connectivity index (χ4n) is 3.21. The van der Waals surface area contributed by atoms with Crippen LogP contribution in [0, 0.1) is 11.7 Å². The number of nitrogens with one attached hydrogen (secondary N) is 1. The fourth-order valence-corrected chi connectivity index (χ4v) is 3.21. The standard InChI is InChI=1S/C21H24FN3O2/c1-24(2)18-9-7-17(8-10-18)23-21(27)16-13-20(26)25(14-16)12-11-15-5-3-4-6-19(15)22/h3-10,16H,11-14H2,1-2H3,(H,23,27). The molecule has 1 fully saturated rings. The molecular formula is C21H24FN3O2. The number of anilines is 2. The molecule has 0 saturated carbocycles. The van der Waals surface area contributed by atoms with Gasteiger partial charge < -0.3 is 15.1 Å². The minimum absolute atomic E-state index is 0.0607. The van der Waals surface area contributed by atoms with E-state index >= 15 is 0 Å². The van der Waals surface area contributed by atoms with Gasteiger partial charge in [0.05, 0.1) is 5.92 Å². The van der Waals surface area contributed by atoms with Crippen LogP contribution in [-0.4, -0.2) is 43.9 Å². The monoisotopic (exact) mass is 369 g/mol. The van der Waals surface area contributed by atoms with E-state index in [1.54, 1.807) is 23.1 Å². The first-order chi connectivity index (χ1) is 12.9. The third-order valence-electron chi connectivity index (χ3n) is 4.85. The summed E-state index contributed by atoms with van der Waals surface area (Å²) in [5.41, 5.74) is 2.34. The van der Waals surface area contributed by atoms with E-state index in [-0.39, 0.29) is 30.0 Å². The predicted molar refractivity (Wildman–Crippen MR) is 104 cm³/mol. The van der Waals surface area contributed by atoms with Crippen molar-refractivity contribution in [2.75, 3.05) is 37.4 Å². The van der Waals surface area contributed by atoms with Crippen molar-refractivity contribution in [2.24, 2.45) is 5.92 Å². The van der Waals surface area contributed by atoms with E-state index in [0.717, 1.165) is 5.69 Å². The van der Waals surface area contributed by atoms with E-state index < -0.39 is 0 Å². The Morgan fingerprint density at radius 2 is 1.89 bits per heavy atom. The van der Waals surface area contributed by atoms with E-state index in [9.17, 15) is 14.0 Å². The van der Waals surface area contributed by atoms with E-state index in [0.29, 0.717) is 30.8 Å². The summed E-state index contributed by atoms with van der Waals surface area (Å²) >= 11 is 0. The summed E-state index contributed by atoms with van der Waals surface area (Å²) in [4.78, 5) is 28.3. The Kier molecular flexibility index (Phi) is 5.74. The van der Waals surface area contributed by atoms with Gasteiger partial charge in [-0.15, -0.1) is 0 Å². The third kappa shape index (κ3) is 4.64. The number of nitrogens with zero attached hydrogens (tertiary/aromatic N) is 2. The van der Waals surface area contributed by atoms with E-state index in [2.05, 4.69) is 5.32 Å². The van der Waals surface area contributed by atoms with Crippen LogP contribution < -0.4 is 10.2 Å². The maximum absolute atomic E-state index is 13.7. The van der Waals surface area contributed by atoms with Crippen LogP contribution in [0.2, 0.25) is 0 Å². The van der Waals surface area contributed by atoms with Crippen LogP contribution in [0.5, 0.6) is 0 Å². The molecule has 1 aliphatic heterocycles. The summed E-state index contributed by atoms with van der Waals surface area (Å²) < 4.78 is 13.7. The van der Waals surface area contributed by atoms with Crippen LogP contribution in [0.25, 0.3) is 0 Å². The maximum atomic E-state index is 13.7. The van der Waals surface area contributed by atoms with Gasteiger partial charge in [0.25, 0.3) is 0 Å². The van der Waals surface area contributed by atoms with Crippen molar-refractivity contribution in [1.82, 2.24) is 4.90 Å².